The van der Waals surface area contributed by atoms with E-state index in [0.717, 1.165) is 0 Å². The van der Waals surface area contributed by atoms with Crippen molar-refractivity contribution >= 4 is 34.9 Å². The minimum atomic E-state index is -0.497. The van der Waals surface area contributed by atoms with Gasteiger partial charge in [0.25, 0.3) is 5.91 Å². The molecule has 1 N–H and O–H groups in total. The minimum Gasteiger partial charge on any atom is -0.465 e. The highest BCUT2D eigenvalue weighted by Gasteiger charge is 2.18. The molecule has 0 saturated heterocycles. The first-order valence-electron chi connectivity index (χ1n) is 7.75. The molecule has 0 unspecified atom stereocenters. The number of hydrogen-bond donors (Lipinski definition) is 1. The van der Waals surface area contributed by atoms with Gasteiger partial charge in [-0.2, -0.15) is 0 Å². The van der Waals surface area contributed by atoms with E-state index in [9.17, 15) is 14.4 Å². The molecule has 0 fully saturated rings. The third-order valence-corrected chi connectivity index (χ3v) is 3.97. The van der Waals surface area contributed by atoms with Crippen LogP contribution in [0, 0.1) is 0 Å². The van der Waals surface area contributed by atoms with E-state index in [-0.39, 0.29) is 22.8 Å². The molecule has 6 heteroatoms. The smallest absolute Gasteiger partial charge is 0.337 e. The fraction of sp³-hybridized carbons (Fsp3) is 0.211. The maximum absolute atomic E-state index is 12.7. The van der Waals surface area contributed by atoms with E-state index >= 15 is 0 Å². The number of rotatable bonds is 6. The quantitative estimate of drug-likeness (QED) is 0.794. The normalized spacial score (nSPS) is 10.2. The molecular formula is C19H18ClNO4. The van der Waals surface area contributed by atoms with Crippen LogP contribution in [0.3, 0.4) is 0 Å². The molecule has 1 amide bonds. The lowest BCUT2D eigenvalue weighted by atomic mass is 10.0. The molecule has 2 rings (SSSR count). The minimum absolute atomic E-state index is 0.0176. The summed E-state index contributed by atoms with van der Waals surface area (Å²) in [5.41, 5.74) is 1.58. The van der Waals surface area contributed by atoms with Crippen molar-refractivity contribution in [2.75, 3.05) is 12.4 Å². The van der Waals surface area contributed by atoms with Crippen LogP contribution in [0.25, 0.3) is 0 Å². The molecule has 2 aromatic carbocycles. The first kappa shape index (κ1) is 18.7. The Morgan fingerprint density at radius 3 is 2.52 bits per heavy atom. The molecule has 0 radical (unpaired) electrons. The van der Waals surface area contributed by atoms with Crippen LogP contribution in [0.15, 0.2) is 42.5 Å². The van der Waals surface area contributed by atoms with Gasteiger partial charge in [0.05, 0.1) is 23.3 Å². The van der Waals surface area contributed by atoms with Crippen LogP contribution in [0.5, 0.6) is 0 Å². The fourth-order valence-corrected chi connectivity index (χ4v) is 2.62. The summed E-state index contributed by atoms with van der Waals surface area (Å²) in [6, 6.07) is 11.4. The van der Waals surface area contributed by atoms with Crippen LogP contribution >= 0.6 is 11.6 Å². The zero-order valence-corrected chi connectivity index (χ0v) is 14.7. The SMILES string of the molecule is CCC(=O)Cc1cccc(Cl)c1C(=O)Nc1cccc(C(=O)OC)c1. The Kier molecular flexibility index (Phi) is 6.31. The Labute approximate surface area is 150 Å². The molecule has 0 aliphatic heterocycles. The lowest BCUT2D eigenvalue weighted by Crippen LogP contribution is -2.17. The molecule has 0 atom stereocenters. The maximum atomic E-state index is 12.7. The second kappa shape index (κ2) is 8.44. The summed E-state index contributed by atoms with van der Waals surface area (Å²) >= 11 is 6.18. The molecule has 0 spiro atoms. The highest BCUT2D eigenvalue weighted by atomic mass is 35.5. The second-order valence-corrected chi connectivity index (χ2v) is 5.78. The van der Waals surface area contributed by atoms with Crippen LogP contribution in [-0.2, 0) is 16.0 Å². The number of carbonyl (C=O) groups excluding carboxylic acids is 3. The van der Waals surface area contributed by atoms with Gasteiger partial charge in [-0.15, -0.1) is 0 Å². The number of esters is 1. The van der Waals surface area contributed by atoms with Crippen molar-refractivity contribution in [3.8, 4) is 0 Å². The first-order chi connectivity index (χ1) is 12.0. The van der Waals surface area contributed by atoms with Crippen molar-refractivity contribution in [3.63, 3.8) is 0 Å². The van der Waals surface area contributed by atoms with Gasteiger partial charge in [0.1, 0.15) is 5.78 Å². The standard InChI is InChI=1S/C19H18ClNO4/c1-3-15(22)11-12-6-5-9-16(20)17(12)18(23)21-14-8-4-7-13(10-14)19(24)25-2/h4-10H,3,11H2,1-2H3,(H,21,23). The van der Waals surface area contributed by atoms with Crippen molar-refractivity contribution in [1.29, 1.82) is 0 Å². The zero-order chi connectivity index (χ0) is 18.4. The molecular weight excluding hydrogens is 342 g/mol. The summed E-state index contributed by atoms with van der Waals surface area (Å²) in [4.78, 5) is 36.0. The van der Waals surface area contributed by atoms with Crippen molar-refractivity contribution in [2.24, 2.45) is 0 Å². The van der Waals surface area contributed by atoms with Gasteiger partial charge in [0.15, 0.2) is 0 Å². The number of amides is 1. The van der Waals surface area contributed by atoms with Crippen LogP contribution in [-0.4, -0.2) is 24.8 Å². The van der Waals surface area contributed by atoms with E-state index in [4.69, 9.17) is 11.6 Å². The van der Waals surface area contributed by atoms with Crippen LogP contribution < -0.4 is 5.32 Å². The van der Waals surface area contributed by atoms with E-state index in [1.54, 1.807) is 43.3 Å². The Morgan fingerprint density at radius 1 is 1.12 bits per heavy atom. The van der Waals surface area contributed by atoms with Crippen LogP contribution in [0.1, 0.15) is 39.6 Å². The van der Waals surface area contributed by atoms with Crippen molar-refractivity contribution in [1.82, 2.24) is 0 Å². The van der Waals surface area contributed by atoms with Gasteiger partial charge >= 0.3 is 5.97 Å². The topological polar surface area (TPSA) is 72.5 Å². The number of hydrogen-bond acceptors (Lipinski definition) is 4. The number of halogens is 1. The number of Topliss-reactive ketones (excluding diaryl/α,β-unsaturated/α-hetero) is 1. The average Bonchev–Trinajstić information content (AvgIpc) is 2.61. The third kappa shape index (κ3) is 4.67. The molecule has 2 aromatic rings. The summed E-state index contributed by atoms with van der Waals surface area (Å²) in [5, 5.41) is 2.97. The Morgan fingerprint density at radius 2 is 1.84 bits per heavy atom. The number of methoxy groups -OCH3 is 1. The molecule has 0 aliphatic rings. The Bertz CT molecular complexity index is 817. The molecule has 5 nitrogen and oxygen atoms in total. The van der Waals surface area contributed by atoms with Crippen molar-refractivity contribution < 1.29 is 19.1 Å². The van der Waals surface area contributed by atoms with Gasteiger partial charge in [-0.3, -0.25) is 9.59 Å². The summed E-state index contributed by atoms with van der Waals surface area (Å²) in [6.45, 7) is 1.77. The first-order valence-corrected chi connectivity index (χ1v) is 8.12. The Hall–Kier alpha value is -2.66. The van der Waals surface area contributed by atoms with Gasteiger partial charge < -0.3 is 10.1 Å². The number of ketones is 1. The molecule has 0 aliphatic carbocycles. The number of benzene rings is 2. The summed E-state index contributed by atoms with van der Waals surface area (Å²) < 4.78 is 4.66. The third-order valence-electron chi connectivity index (χ3n) is 3.65. The second-order valence-electron chi connectivity index (χ2n) is 5.37. The maximum Gasteiger partial charge on any atom is 0.337 e. The van der Waals surface area contributed by atoms with Gasteiger partial charge in [-0.05, 0) is 29.8 Å². The van der Waals surface area contributed by atoms with Crippen molar-refractivity contribution in [2.45, 2.75) is 19.8 Å². The molecule has 0 bridgehead atoms. The number of carbonyl (C=O) groups is 3. The average molecular weight is 360 g/mol. The molecule has 0 saturated carbocycles. The molecule has 25 heavy (non-hydrogen) atoms. The van der Waals surface area contributed by atoms with Crippen LogP contribution in [0.2, 0.25) is 5.02 Å². The largest absolute Gasteiger partial charge is 0.465 e. The summed E-state index contributed by atoms with van der Waals surface area (Å²) in [6.07, 6.45) is 0.525. The highest BCUT2D eigenvalue weighted by molar-refractivity contribution is 6.34. The van der Waals surface area contributed by atoms with E-state index in [2.05, 4.69) is 10.1 Å². The summed E-state index contributed by atoms with van der Waals surface area (Å²) in [7, 11) is 1.29. The predicted molar refractivity (Wildman–Crippen MR) is 96.2 cm³/mol. The fourth-order valence-electron chi connectivity index (χ4n) is 2.34. The van der Waals surface area contributed by atoms with E-state index < -0.39 is 11.9 Å². The Balaban J connectivity index is 2.29. The van der Waals surface area contributed by atoms with Gasteiger partial charge in [-0.25, -0.2) is 4.79 Å². The van der Waals surface area contributed by atoms with E-state index in [0.29, 0.717) is 23.2 Å². The van der Waals surface area contributed by atoms with Gasteiger partial charge in [0, 0.05) is 18.5 Å². The summed E-state index contributed by atoms with van der Waals surface area (Å²) in [5.74, 6) is -0.918. The number of ether oxygens (including phenoxy) is 1. The predicted octanol–water partition coefficient (Wildman–Crippen LogP) is 3.90. The van der Waals surface area contributed by atoms with E-state index in [1.807, 2.05) is 0 Å². The highest BCUT2D eigenvalue weighted by Crippen LogP contribution is 2.23. The zero-order valence-electron chi connectivity index (χ0n) is 14.0. The molecule has 0 heterocycles. The van der Waals surface area contributed by atoms with E-state index in [1.165, 1.54) is 13.2 Å². The van der Waals surface area contributed by atoms with Crippen molar-refractivity contribution in [3.05, 3.63) is 64.2 Å². The number of nitrogens with one attached hydrogen (secondary N) is 1. The molecule has 0 aromatic heterocycles. The van der Waals surface area contributed by atoms with Gasteiger partial charge in [-0.1, -0.05) is 36.7 Å². The molecule has 130 valence electrons. The lowest BCUT2D eigenvalue weighted by molar-refractivity contribution is -0.118. The van der Waals surface area contributed by atoms with Crippen LogP contribution in [0.4, 0.5) is 5.69 Å². The van der Waals surface area contributed by atoms with Gasteiger partial charge in [0.2, 0.25) is 0 Å². The number of anilines is 1. The monoisotopic (exact) mass is 359 g/mol. The lowest BCUT2D eigenvalue weighted by Gasteiger charge is -2.12.